The van der Waals surface area contributed by atoms with E-state index in [0.29, 0.717) is 36.2 Å². The van der Waals surface area contributed by atoms with Crippen LogP contribution in [0.1, 0.15) is 12.0 Å². The zero-order valence-corrected chi connectivity index (χ0v) is 15.7. The van der Waals surface area contributed by atoms with Crippen molar-refractivity contribution in [3.63, 3.8) is 0 Å². The standard InChI is InChI=1S/C20H20ClN3O3/c1-26-18-12-17-16(11-19(18)27-10-2-8-21)20(23-13-22-17)24-15-5-3-14(4-6-15)7-9-25/h3-6,9,11-13H,2,7-8,10H2,1H3,(H,22,23,24). The molecule has 2 aromatic carbocycles. The fourth-order valence-corrected chi connectivity index (χ4v) is 2.74. The molecular weight excluding hydrogens is 366 g/mol. The predicted octanol–water partition coefficient (Wildman–Crippen LogP) is 4.13. The summed E-state index contributed by atoms with van der Waals surface area (Å²) >= 11 is 5.72. The maximum atomic E-state index is 10.6. The molecule has 0 saturated carbocycles. The molecule has 0 bridgehead atoms. The third-order valence-corrected chi connectivity index (χ3v) is 4.26. The summed E-state index contributed by atoms with van der Waals surface area (Å²) in [6, 6.07) is 11.3. The predicted molar refractivity (Wildman–Crippen MR) is 106 cm³/mol. The second kappa shape index (κ2) is 9.19. The maximum absolute atomic E-state index is 10.6. The molecule has 1 N–H and O–H groups in total. The van der Waals surface area contributed by atoms with E-state index in [-0.39, 0.29) is 0 Å². The lowest BCUT2D eigenvalue weighted by atomic mass is 10.1. The summed E-state index contributed by atoms with van der Waals surface area (Å²) in [5.74, 6) is 2.42. The van der Waals surface area contributed by atoms with Gasteiger partial charge in [0.25, 0.3) is 0 Å². The number of alkyl halides is 1. The monoisotopic (exact) mass is 385 g/mol. The number of halogens is 1. The minimum atomic E-state index is 0.402. The van der Waals surface area contributed by atoms with Gasteiger partial charge in [-0.25, -0.2) is 9.97 Å². The van der Waals surface area contributed by atoms with Crippen LogP contribution in [0.25, 0.3) is 10.9 Å². The van der Waals surface area contributed by atoms with E-state index in [0.717, 1.165) is 34.9 Å². The molecule has 6 nitrogen and oxygen atoms in total. The summed E-state index contributed by atoms with van der Waals surface area (Å²) < 4.78 is 11.2. The minimum Gasteiger partial charge on any atom is -0.493 e. The summed E-state index contributed by atoms with van der Waals surface area (Å²) in [5.41, 5.74) is 2.57. The van der Waals surface area contributed by atoms with Crippen LogP contribution >= 0.6 is 11.6 Å². The molecular formula is C20H20ClN3O3. The molecule has 0 fully saturated rings. The van der Waals surface area contributed by atoms with Crippen molar-refractivity contribution in [2.45, 2.75) is 12.8 Å². The second-order valence-electron chi connectivity index (χ2n) is 5.83. The molecule has 3 rings (SSSR count). The number of nitrogens with zero attached hydrogens (tertiary/aromatic N) is 2. The van der Waals surface area contributed by atoms with Crippen LogP contribution in [0.4, 0.5) is 11.5 Å². The van der Waals surface area contributed by atoms with Gasteiger partial charge in [-0.2, -0.15) is 0 Å². The molecule has 0 atom stereocenters. The Morgan fingerprint density at radius 2 is 1.96 bits per heavy atom. The molecule has 0 amide bonds. The number of methoxy groups -OCH3 is 1. The highest BCUT2D eigenvalue weighted by Gasteiger charge is 2.12. The number of nitrogens with one attached hydrogen (secondary N) is 1. The van der Waals surface area contributed by atoms with Gasteiger partial charge in [-0.1, -0.05) is 12.1 Å². The second-order valence-corrected chi connectivity index (χ2v) is 6.20. The quantitative estimate of drug-likeness (QED) is 0.339. The highest BCUT2D eigenvalue weighted by molar-refractivity contribution is 6.17. The fraction of sp³-hybridized carbons (Fsp3) is 0.250. The van der Waals surface area contributed by atoms with Crippen molar-refractivity contribution < 1.29 is 14.3 Å². The van der Waals surface area contributed by atoms with E-state index in [4.69, 9.17) is 21.1 Å². The summed E-state index contributed by atoms with van der Waals surface area (Å²) in [4.78, 5) is 19.3. The maximum Gasteiger partial charge on any atom is 0.162 e. The number of carbonyl (C=O) groups excluding carboxylic acids is 1. The highest BCUT2D eigenvalue weighted by Crippen LogP contribution is 2.34. The normalized spacial score (nSPS) is 10.6. The first kappa shape index (κ1) is 18.9. The van der Waals surface area contributed by atoms with E-state index in [1.807, 2.05) is 36.4 Å². The van der Waals surface area contributed by atoms with Crippen molar-refractivity contribution in [1.82, 2.24) is 9.97 Å². The summed E-state index contributed by atoms with van der Waals surface area (Å²) in [6.07, 6.45) is 3.53. The smallest absolute Gasteiger partial charge is 0.162 e. The van der Waals surface area contributed by atoms with Crippen LogP contribution < -0.4 is 14.8 Å². The van der Waals surface area contributed by atoms with Crippen molar-refractivity contribution in [3.05, 3.63) is 48.3 Å². The largest absolute Gasteiger partial charge is 0.493 e. The van der Waals surface area contributed by atoms with E-state index < -0.39 is 0 Å². The molecule has 1 heterocycles. The molecule has 0 aliphatic heterocycles. The van der Waals surface area contributed by atoms with Crippen molar-refractivity contribution in [2.24, 2.45) is 0 Å². The minimum absolute atomic E-state index is 0.402. The van der Waals surface area contributed by atoms with Gasteiger partial charge in [0.05, 0.1) is 19.2 Å². The Bertz CT molecular complexity index is 916. The number of benzene rings is 2. The molecule has 0 aliphatic carbocycles. The number of aldehydes is 1. The Hall–Kier alpha value is -2.86. The first-order valence-electron chi connectivity index (χ1n) is 8.56. The zero-order valence-electron chi connectivity index (χ0n) is 14.9. The molecule has 0 saturated heterocycles. The van der Waals surface area contributed by atoms with Gasteiger partial charge in [0.15, 0.2) is 11.5 Å². The van der Waals surface area contributed by atoms with Gasteiger partial charge in [0.2, 0.25) is 0 Å². The molecule has 1 aromatic heterocycles. The average molecular weight is 386 g/mol. The lowest BCUT2D eigenvalue weighted by molar-refractivity contribution is -0.107. The number of ether oxygens (including phenoxy) is 2. The number of hydrogen-bond donors (Lipinski definition) is 1. The molecule has 7 heteroatoms. The number of anilines is 2. The average Bonchev–Trinajstić information content (AvgIpc) is 2.70. The Morgan fingerprint density at radius 3 is 2.67 bits per heavy atom. The molecule has 0 radical (unpaired) electrons. The molecule has 27 heavy (non-hydrogen) atoms. The van der Waals surface area contributed by atoms with Gasteiger partial charge >= 0.3 is 0 Å². The van der Waals surface area contributed by atoms with Gasteiger partial charge in [-0.05, 0) is 30.2 Å². The van der Waals surface area contributed by atoms with Crippen LogP contribution in [0.3, 0.4) is 0 Å². The highest BCUT2D eigenvalue weighted by atomic mass is 35.5. The summed E-state index contributed by atoms with van der Waals surface area (Å²) in [5, 5.41) is 4.11. The molecule has 0 aliphatic rings. The van der Waals surface area contributed by atoms with Crippen LogP contribution in [-0.2, 0) is 11.2 Å². The molecule has 3 aromatic rings. The van der Waals surface area contributed by atoms with Crippen LogP contribution in [0, 0.1) is 0 Å². The summed E-state index contributed by atoms with van der Waals surface area (Å²) in [7, 11) is 1.59. The summed E-state index contributed by atoms with van der Waals surface area (Å²) in [6.45, 7) is 0.500. The Balaban J connectivity index is 1.92. The number of rotatable bonds is 9. The van der Waals surface area contributed by atoms with Crippen LogP contribution in [0.2, 0.25) is 0 Å². The van der Waals surface area contributed by atoms with Crippen molar-refractivity contribution in [1.29, 1.82) is 0 Å². The number of fused-ring (bicyclic) bond motifs is 1. The van der Waals surface area contributed by atoms with E-state index in [1.165, 1.54) is 6.33 Å². The van der Waals surface area contributed by atoms with Crippen LogP contribution in [0.5, 0.6) is 11.5 Å². The number of hydrogen-bond acceptors (Lipinski definition) is 6. The van der Waals surface area contributed by atoms with Gasteiger partial charge in [0.1, 0.15) is 18.4 Å². The van der Waals surface area contributed by atoms with Gasteiger partial charge < -0.3 is 19.6 Å². The Morgan fingerprint density at radius 1 is 1.15 bits per heavy atom. The van der Waals surface area contributed by atoms with Gasteiger partial charge in [-0.3, -0.25) is 0 Å². The third-order valence-electron chi connectivity index (χ3n) is 3.99. The fourth-order valence-electron chi connectivity index (χ4n) is 2.63. The lowest BCUT2D eigenvalue weighted by Crippen LogP contribution is -2.01. The molecule has 0 spiro atoms. The topological polar surface area (TPSA) is 73.3 Å². The van der Waals surface area contributed by atoms with Gasteiger partial charge in [-0.15, -0.1) is 11.6 Å². The Kier molecular flexibility index (Phi) is 6.44. The van der Waals surface area contributed by atoms with E-state index in [9.17, 15) is 4.79 Å². The Labute approximate surface area is 162 Å². The van der Waals surface area contributed by atoms with Crippen molar-refractivity contribution in [3.8, 4) is 11.5 Å². The molecule has 140 valence electrons. The first-order chi connectivity index (χ1) is 13.2. The van der Waals surface area contributed by atoms with Crippen molar-refractivity contribution in [2.75, 3.05) is 24.9 Å². The van der Waals surface area contributed by atoms with Crippen LogP contribution in [0.15, 0.2) is 42.7 Å². The van der Waals surface area contributed by atoms with E-state index in [2.05, 4.69) is 15.3 Å². The molecule has 0 unspecified atom stereocenters. The van der Waals surface area contributed by atoms with E-state index >= 15 is 0 Å². The van der Waals surface area contributed by atoms with Crippen molar-refractivity contribution >= 4 is 40.3 Å². The van der Waals surface area contributed by atoms with Gasteiger partial charge in [0, 0.05) is 29.4 Å². The third kappa shape index (κ3) is 4.65. The lowest BCUT2D eigenvalue weighted by Gasteiger charge is -2.13. The number of carbonyl (C=O) groups is 1. The van der Waals surface area contributed by atoms with Crippen LogP contribution in [-0.4, -0.2) is 35.9 Å². The first-order valence-corrected chi connectivity index (χ1v) is 9.09. The SMILES string of the molecule is COc1cc2ncnc(Nc3ccc(CC=O)cc3)c2cc1OCCCCl. The number of aromatic nitrogens is 2. The zero-order chi connectivity index (χ0) is 19.1. The van der Waals surface area contributed by atoms with E-state index in [1.54, 1.807) is 7.11 Å².